The van der Waals surface area contributed by atoms with Crippen molar-refractivity contribution in [2.75, 3.05) is 4.90 Å². The lowest BCUT2D eigenvalue weighted by atomic mass is 9.94. The number of fused-ring (bicyclic) bond motifs is 7. The van der Waals surface area contributed by atoms with Crippen molar-refractivity contribution in [3.63, 3.8) is 0 Å². The standard InChI is InChI=1S/C54H35NS/c1-2-12-39-33-42(23-22-36(39)10-1)41-14-7-13-40(32-41)37-24-27-44(28-25-37)55(46-29-31-52-51-18-5-6-21-53(51)56-54(52)35-46)45-16-8-15-43(34-45)48-19-9-20-49-47-17-4-3-11-38(47)26-30-50(48)49/h1-35H. The number of anilines is 3. The minimum Gasteiger partial charge on any atom is -0.310 e. The number of nitrogens with zero attached hydrogens (tertiary/aromatic N) is 1. The van der Waals surface area contributed by atoms with Crippen LogP contribution in [0.15, 0.2) is 212 Å². The maximum atomic E-state index is 2.41. The highest BCUT2D eigenvalue weighted by atomic mass is 32.1. The predicted octanol–water partition coefficient (Wildman–Crippen LogP) is 16.0. The largest absolute Gasteiger partial charge is 0.310 e. The first kappa shape index (κ1) is 32.4. The van der Waals surface area contributed by atoms with Crippen molar-refractivity contribution in [2.24, 2.45) is 0 Å². The van der Waals surface area contributed by atoms with E-state index < -0.39 is 0 Å². The molecule has 0 atom stereocenters. The summed E-state index contributed by atoms with van der Waals surface area (Å²) in [6, 6.07) is 77.8. The first-order valence-electron chi connectivity index (χ1n) is 19.2. The normalized spacial score (nSPS) is 11.6. The van der Waals surface area contributed by atoms with Crippen molar-refractivity contribution in [1.82, 2.24) is 0 Å². The van der Waals surface area contributed by atoms with Crippen LogP contribution in [0.3, 0.4) is 0 Å². The van der Waals surface area contributed by atoms with Crippen LogP contribution < -0.4 is 4.90 Å². The summed E-state index contributed by atoms with van der Waals surface area (Å²) in [5.41, 5.74) is 10.6. The third-order valence-electron chi connectivity index (χ3n) is 11.2. The average molecular weight is 730 g/mol. The summed E-state index contributed by atoms with van der Waals surface area (Å²) in [4.78, 5) is 2.41. The van der Waals surface area contributed by atoms with Gasteiger partial charge in [0.1, 0.15) is 0 Å². The third-order valence-corrected chi connectivity index (χ3v) is 12.4. The molecular formula is C54H35NS. The summed E-state index contributed by atoms with van der Waals surface area (Å²) >= 11 is 1.86. The molecule has 1 aromatic heterocycles. The first-order valence-corrected chi connectivity index (χ1v) is 20.0. The Hall–Kier alpha value is -7.00. The van der Waals surface area contributed by atoms with Crippen LogP contribution in [0.4, 0.5) is 17.1 Å². The van der Waals surface area contributed by atoms with Gasteiger partial charge in [0.2, 0.25) is 0 Å². The summed E-state index contributed by atoms with van der Waals surface area (Å²) in [7, 11) is 0. The first-order chi connectivity index (χ1) is 27.7. The van der Waals surface area contributed by atoms with Gasteiger partial charge in [-0.2, -0.15) is 0 Å². The lowest BCUT2D eigenvalue weighted by Gasteiger charge is -2.26. The van der Waals surface area contributed by atoms with E-state index in [-0.39, 0.29) is 0 Å². The lowest BCUT2D eigenvalue weighted by Crippen LogP contribution is -2.10. The minimum absolute atomic E-state index is 1.11. The van der Waals surface area contributed by atoms with Crippen LogP contribution in [-0.2, 0) is 0 Å². The maximum absolute atomic E-state index is 2.41. The zero-order valence-electron chi connectivity index (χ0n) is 30.6. The van der Waals surface area contributed by atoms with Gasteiger partial charge in [0.25, 0.3) is 0 Å². The third kappa shape index (κ3) is 5.62. The molecule has 10 aromatic carbocycles. The van der Waals surface area contributed by atoms with E-state index in [1.165, 1.54) is 85.9 Å². The van der Waals surface area contributed by atoms with Crippen molar-refractivity contribution < 1.29 is 0 Å². The van der Waals surface area contributed by atoms with Gasteiger partial charge in [-0.25, -0.2) is 0 Å². The number of hydrogen-bond acceptors (Lipinski definition) is 2. The van der Waals surface area contributed by atoms with Gasteiger partial charge in [-0.05, 0) is 120 Å². The molecule has 1 nitrogen and oxygen atoms in total. The zero-order valence-corrected chi connectivity index (χ0v) is 31.4. The van der Waals surface area contributed by atoms with Crippen LogP contribution in [0.5, 0.6) is 0 Å². The Morgan fingerprint density at radius 3 is 1.75 bits per heavy atom. The molecule has 0 saturated carbocycles. The molecule has 0 fully saturated rings. The summed E-state index contributed by atoms with van der Waals surface area (Å²) in [6.07, 6.45) is 0. The van der Waals surface area contributed by atoms with E-state index in [0.717, 1.165) is 17.1 Å². The van der Waals surface area contributed by atoms with E-state index in [2.05, 4.69) is 217 Å². The van der Waals surface area contributed by atoms with Gasteiger partial charge in [-0.1, -0.05) is 158 Å². The highest BCUT2D eigenvalue weighted by Crippen LogP contribution is 2.43. The van der Waals surface area contributed by atoms with Crippen molar-refractivity contribution >= 4 is 80.9 Å². The molecule has 0 amide bonds. The fraction of sp³-hybridized carbons (Fsp3) is 0. The molecule has 1 heterocycles. The molecule has 0 aliphatic heterocycles. The van der Waals surface area contributed by atoms with E-state index >= 15 is 0 Å². The molecule has 0 saturated heterocycles. The Kier molecular flexibility index (Phi) is 7.75. The van der Waals surface area contributed by atoms with Crippen LogP contribution in [0.1, 0.15) is 0 Å². The molecule has 0 aliphatic carbocycles. The smallest absolute Gasteiger partial charge is 0.0476 e. The molecule has 0 N–H and O–H groups in total. The van der Waals surface area contributed by atoms with E-state index in [0.29, 0.717) is 0 Å². The topological polar surface area (TPSA) is 3.24 Å². The molecule has 11 aromatic rings. The van der Waals surface area contributed by atoms with Crippen LogP contribution in [0, 0.1) is 0 Å². The predicted molar refractivity (Wildman–Crippen MR) is 243 cm³/mol. The summed E-state index contributed by atoms with van der Waals surface area (Å²) in [6.45, 7) is 0. The zero-order chi connectivity index (χ0) is 37.0. The van der Waals surface area contributed by atoms with E-state index in [1.807, 2.05) is 11.3 Å². The van der Waals surface area contributed by atoms with E-state index in [9.17, 15) is 0 Å². The Labute approximate surface area is 330 Å². The Bertz CT molecular complexity index is 3260. The van der Waals surface area contributed by atoms with Gasteiger partial charge in [0.15, 0.2) is 0 Å². The van der Waals surface area contributed by atoms with Crippen LogP contribution in [-0.4, -0.2) is 0 Å². The Morgan fingerprint density at radius 2 is 0.857 bits per heavy atom. The second-order valence-electron chi connectivity index (χ2n) is 14.5. The van der Waals surface area contributed by atoms with Gasteiger partial charge in [0.05, 0.1) is 0 Å². The van der Waals surface area contributed by atoms with Crippen molar-refractivity contribution in [1.29, 1.82) is 0 Å². The summed E-state index contributed by atoms with van der Waals surface area (Å²) in [5.74, 6) is 0. The minimum atomic E-state index is 1.11. The number of benzene rings is 10. The van der Waals surface area contributed by atoms with E-state index in [4.69, 9.17) is 0 Å². The van der Waals surface area contributed by atoms with Gasteiger partial charge >= 0.3 is 0 Å². The highest BCUT2D eigenvalue weighted by Gasteiger charge is 2.17. The lowest BCUT2D eigenvalue weighted by molar-refractivity contribution is 1.29. The van der Waals surface area contributed by atoms with Crippen LogP contribution in [0.2, 0.25) is 0 Å². The Morgan fingerprint density at radius 1 is 0.268 bits per heavy atom. The quantitative estimate of drug-likeness (QED) is 0.154. The molecule has 11 rings (SSSR count). The number of rotatable bonds is 6. The van der Waals surface area contributed by atoms with Crippen molar-refractivity contribution in [3.05, 3.63) is 212 Å². The second-order valence-corrected chi connectivity index (χ2v) is 15.6. The molecular weight excluding hydrogens is 695 g/mol. The fourth-order valence-corrected chi connectivity index (χ4v) is 9.59. The molecule has 0 radical (unpaired) electrons. The van der Waals surface area contributed by atoms with Crippen LogP contribution in [0.25, 0.3) is 85.9 Å². The number of hydrogen-bond donors (Lipinski definition) is 0. The number of thiophene rings is 1. The molecule has 56 heavy (non-hydrogen) atoms. The van der Waals surface area contributed by atoms with Gasteiger partial charge < -0.3 is 4.90 Å². The van der Waals surface area contributed by atoms with E-state index in [1.54, 1.807) is 0 Å². The molecule has 262 valence electrons. The summed E-state index contributed by atoms with van der Waals surface area (Å²) < 4.78 is 2.60. The van der Waals surface area contributed by atoms with Crippen molar-refractivity contribution in [2.45, 2.75) is 0 Å². The maximum Gasteiger partial charge on any atom is 0.0476 e. The summed E-state index contributed by atoms with van der Waals surface area (Å²) in [5, 5.41) is 10.2. The van der Waals surface area contributed by atoms with Gasteiger partial charge in [0, 0.05) is 37.2 Å². The Balaban J connectivity index is 1.02. The van der Waals surface area contributed by atoms with Gasteiger partial charge in [-0.15, -0.1) is 11.3 Å². The molecule has 0 aliphatic rings. The fourth-order valence-electron chi connectivity index (χ4n) is 8.46. The monoisotopic (exact) mass is 729 g/mol. The average Bonchev–Trinajstić information content (AvgIpc) is 3.64. The molecule has 0 bridgehead atoms. The van der Waals surface area contributed by atoms with Crippen molar-refractivity contribution in [3.8, 4) is 33.4 Å². The molecule has 0 unspecified atom stereocenters. The van der Waals surface area contributed by atoms with Gasteiger partial charge in [-0.3, -0.25) is 0 Å². The van der Waals surface area contributed by atoms with Crippen LogP contribution >= 0.6 is 11.3 Å². The molecule has 2 heteroatoms. The highest BCUT2D eigenvalue weighted by molar-refractivity contribution is 7.25. The molecule has 0 spiro atoms. The SMILES string of the molecule is c1cc(-c2ccc(N(c3cccc(-c4cccc5c4ccc4ccccc45)c3)c3ccc4c(c3)sc3ccccc34)cc2)cc(-c2ccc3ccccc3c2)c1. The second kappa shape index (κ2) is 13.4.